The monoisotopic (exact) mass is 296 g/mol. The third kappa shape index (κ3) is 5.24. The summed E-state index contributed by atoms with van der Waals surface area (Å²) in [5, 5.41) is 0. The van der Waals surface area contributed by atoms with Crippen LogP contribution >= 0.6 is 22.6 Å². The topological polar surface area (TPSA) is 0 Å². The number of halogens is 1. The van der Waals surface area contributed by atoms with E-state index < -0.39 is 0 Å². The minimum Gasteiger partial charge on any atom is -0.0864 e. The predicted octanol–water partition coefficient (Wildman–Crippen LogP) is 5.20. The summed E-state index contributed by atoms with van der Waals surface area (Å²) in [5.41, 5.74) is 0.672. The molecule has 0 rings (SSSR count). The number of rotatable bonds is 8. The maximum atomic E-state index is 2.48. The zero-order valence-electron chi connectivity index (χ0n) is 9.53. The smallest absolute Gasteiger partial charge is 0.000473 e. The summed E-state index contributed by atoms with van der Waals surface area (Å²) in [6, 6.07) is 0. The molecule has 0 aromatic rings. The lowest BCUT2D eigenvalue weighted by atomic mass is 9.76. The Morgan fingerprint density at radius 1 is 0.846 bits per heavy atom. The molecule has 0 radical (unpaired) electrons. The Kier molecular flexibility index (Phi) is 8.53. The lowest BCUT2D eigenvalue weighted by Gasteiger charge is -2.30. The first kappa shape index (κ1) is 13.7. The Morgan fingerprint density at radius 2 is 1.38 bits per heavy atom. The van der Waals surface area contributed by atoms with Crippen LogP contribution in [0.25, 0.3) is 0 Å². The predicted molar refractivity (Wildman–Crippen MR) is 70.7 cm³/mol. The van der Waals surface area contributed by atoms with Crippen LogP contribution in [0.1, 0.15) is 65.7 Å². The van der Waals surface area contributed by atoms with Crippen molar-refractivity contribution in [1.82, 2.24) is 0 Å². The molecule has 13 heavy (non-hydrogen) atoms. The Bertz CT molecular complexity index is 97.4. The van der Waals surface area contributed by atoms with Crippen LogP contribution in [0.5, 0.6) is 0 Å². The standard InChI is InChI=1S/C12H25I/c1-4-12(5-2,6-3)10-8-7-9-11-13/h4-11H2,1-3H3. The van der Waals surface area contributed by atoms with E-state index in [1.165, 1.54) is 49.4 Å². The van der Waals surface area contributed by atoms with Gasteiger partial charge in [-0.15, -0.1) is 0 Å². The molecule has 0 aliphatic carbocycles. The van der Waals surface area contributed by atoms with Crippen molar-refractivity contribution in [1.29, 1.82) is 0 Å². The minimum absolute atomic E-state index is 0.672. The first-order valence-corrected chi connectivity index (χ1v) is 7.33. The van der Waals surface area contributed by atoms with Gasteiger partial charge in [0, 0.05) is 0 Å². The lowest BCUT2D eigenvalue weighted by molar-refractivity contribution is 0.221. The van der Waals surface area contributed by atoms with Gasteiger partial charge in [0.2, 0.25) is 0 Å². The van der Waals surface area contributed by atoms with E-state index in [4.69, 9.17) is 0 Å². The largest absolute Gasteiger partial charge is 0.0864 e. The molecule has 0 aromatic heterocycles. The average Bonchev–Trinajstić information content (AvgIpc) is 2.20. The Balaban J connectivity index is 3.68. The third-order valence-electron chi connectivity index (χ3n) is 3.59. The van der Waals surface area contributed by atoms with E-state index in [1.807, 2.05) is 0 Å². The van der Waals surface area contributed by atoms with E-state index in [0.717, 1.165) is 0 Å². The molecule has 0 saturated heterocycles. The molecule has 80 valence electrons. The lowest BCUT2D eigenvalue weighted by Crippen LogP contribution is -2.17. The summed E-state index contributed by atoms with van der Waals surface area (Å²) in [6.07, 6.45) is 9.84. The Labute approximate surface area is 98.0 Å². The van der Waals surface area contributed by atoms with Crippen molar-refractivity contribution in [3.8, 4) is 0 Å². The van der Waals surface area contributed by atoms with E-state index >= 15 is 0 Å². The van der Waals surface area contributed by atoms with Crippen molar-refractivity contribution < 1.29 is 0 Å². The molecule has 0 N–H and O–H groups in total. The quantitative estimate of drug-likeness (QED) is 0.328. The van der Waals surface area contributed by atoms with Crippen LogP contribution in [0, 0.1) is 5.41 Å². The van der Waals surface area contributed by atoms with Crippen molar-refractivity contribution in [3.05, 3.63) is 0 Å². The first-order valence-electron chi connectivity index (χ1n) is 5.80. The summed E-state index contributed by atoms with van der Waals surface area (Å²) in [7, 11) is 0. The van der Waals surface area contributed by atoms with Gasteiger partial charge >= 0.3 is 0 Å². The van der Waals surface area contributed by atoms with E-state index in [-0.39, 0.29) is 0 Å². The van der Waals surface area contributed by atoms with Crippen molar-refractivity contribution in [3.63, 3.8) is 0 Å². The summed E-state index contributed by atoms with van der Waals surface area (Å²) in [5.74, 6) is 0. The summed E-state index contributed by atoms with van der Waals surface area (Å²) >= 11 is 2.48. The van der Waals surface area contributed by atoms with E-state index in [0.29, 0.717) is 5.41 Å². The number of hydrogen-bond acceptors (Lipinski definition) is 0. The van der Waals surface area contributed by atoms with Crippen molar-refractivity contribution in [2.75, 3.05) is 4.43 Å². The fourth-order valence-corrected chi connectivity index (χ4v) is 2.59. The Hall–Kier alpha value is 0.730. The van der Waals surface area contributed by atoms with Gasteiger partial charge in [0.1, 0.15) is 0 Å². The van der Waals surface area contributed by atoms with Gasteiger partial charge in [0.15, 0.2) is 0 Å². The van der Waals surface area contributed by atoms with Gasteiger partial charge in [0.05, 0.1) is 0 Å². The highest BCUT2D eigenvalue weighted by Crippen LogP contribution is 2.35. The zero-order chi connectivity index (χ0) is 10.2. The van der Waals surface area contributed by atoms with Gasteiger partial charge in [-0.1, -0.05) is 75.5 Å². The van der Waals surface area contributed by atoms with E-state index in [1.54, 1.807) is 0 Å². The van der Waals surface area contributed by atoms with Crippen LogP contribution in [0.2, 0.25) is 0 Å². The van der Waals surface area contributed by atoms with Gasteiger partial charge in [-0.25, -0.2) is 0 Å². The maximum Gasteiger partial charge on any atom is -0.000473 e. The molecule has 0 amide bonds. The second kappa shape index (κ2) is 8.07. The minimum atomic E-state index is 0.672. The van der Waals surface area contributed by atoms with Gasteiger partial charge in [-0.3, -0.25) is 0 Å². The molecule has 0 aromatic carbocycles. The van der Waals surface area contributed by atoms with Crippen LogP contribution in [0.15, 0.2) is 0 Å². The summed E-state index contributed by atoms with van der Waals surface area (Å²) < 4.78 is 1.33. The van der Waals surface area contributed by atoms with Crippen LogP contribution in [0.4, 0.5) is 0 Å². The fraction of sp³-hybridized carbons (Fsp3) is 1.00. The molecule has 0 fully saturated rings. The summed E-state index contributed by atoms with van der Waals surface area (Å²) in [4.78, 5) is 0. The van der Waals surface area contributed by atoms with Crippen molar-refractivity contribution in [2.24, 2.45) is 5.41 Å². The van der Waals surface area contributed by atoms with Crippen LogP contribution < -0.4 is 0 Å². The Morgan fingerprint density at radius 3 is 1.77 bits per heavy atom. The molecule has 0 heterocycles. The number of unbranched alkanes of at least 4 members (excludes halogenated alkanes) is 2. The molecule has 0 spiro atoms. The highest BCUT2D eigenvalue weighted by Gasteiger charge is 2.22. The maximum absolute atomic E-state index is 2.48. The van der Waals surface area contributed by atoms with Crippen LogP contribution in [0.3, 0.4) is 0 Å². The molecule has 0 aliphatic heterocycles. The van der Waals surface area contributed by atoms with Crippen LogP contribution in [-0.2, 0) is 0 Å². The van der Waals surface area contributed by atoms with Gasteiger partial charge in [0.25, 0.3) is 0 Å². The molecule has 0 saturated carbocycles. The highest BCUT2D eigenvalue weighted by molar-refractivity contribution is 14.1. The van der Waals surface area contributed by atoms with Crippen molar-refractivity contribution >= 4 is 22.6 Å². The normalized spacial score (nSPS) is 12.0. The molecule has 1 heteroatoms. The molecule has 0 bridgehead atoms. The molecule has 0 atom stereocenters. The molecular formula is C12H25I. The number of hydrogen-bond donors (Lipinski definition) is 0. The molecular weight excluding hydrogens is 271 g/mol. The molecule has 0 unspecified atom stereocenters. The zero-order valence-corrected chi connectivity index (χ0v) is 11.7. The van der Waals surface area contributed by atoms with Crippen molar-refractivity contribution in [2.45, 2.75) is 65.7 Å². The number of alkyl halides is 1. The van der Waals surface area contributed by atoms with Gasteiger partial charge in [-0.05, 0) is 22.7 Å². The average molecular weight is 296 g/mol. The first-order chi connectivity index (χ1) is 6.24. The second-order valence-electron chi connectivity index (χ2n) is 4.06. The fourth-order valence-electron chi connectivity index (χ4n) is 2.05. The SMILES string of the molecule is CCC(CC)(CC)CCCCCI. The summed E-state index contributed by atoms with van der Waals surface area (Å²) in [6.45, 7) is 7.06. The molecule has 0 aliphatic rings. The van der Waals surface area contributed by atoms with Crippen LogP contribution in [-0.4, -0.2) is 4.43 Å². The van der Waals surface area contributed by atoms with Gasteiger partial charge < -0.3 is 0 Å². The second-order valence-corrected chi connectivity index (χ2v) is 5.14. The highest BCUT2D eigenvalue weighted by atomic mass is 127. The third-order valence-corrected chi connectivity index (χ3v) is 4.35. The van der Waals surface area contributed by atoms with Gasteiger partial charge in [-0.2, -0.15) is 0 Å². The molecule has 0 nitrogen and oxygen atoms in total. The van der Waals surface area contributed by atoms with E-state index in [2.05, 4.69) is 43.4 Å². The van der Waals surface area contributed by atoms with E-state index in [9.17, 15) is 0 Å².